The van der Waals surface area contributed by atoms with Crippen LogP contribution in [0.3, 0.4) is 0 Å². The van der Waals surface area contributed by atoms with Crippen molar-refractivity contribution in [3.05, 3.63) is 47.7 Å². The fourth-order valence-corrected chi connectivity index (χ4v) is 5.03. The third kappa shape index (κ3) is 1.85. The first-order chi connectivity index (χ1) is 7.66. The Hall–Kier alpha value is -1.28. The van der Waals surface area contributed by atoms with Crippen LogP contribution < -0.4 is 9.92 Å². The molecule has 0 unspecified atom stereocenters. The van der Waals surface area contributed by atoms with Gasteiger partial charge in [-0.2, -0.15) is 0 Å². The van der Waals surface area contributed by atoms with Gasteiger partial charge in [0, 0.05) is 0 Å². The van der Waals surface area contributed by atoms with Gasteiger partial charge >= 0.3 is 0 Å². The lowest BCUT2D eigenvalue weighted by Gasteiger charge is -2.25. The maximum atomic E-state index is 5.47. The lowest BCUT2D eigenvalue weighted by molar-refractivity contribution is 0.418. The summed E-state index contributed by atoms with van der Waals surface area (Å²) in [5.74, 6) is 1.03. The molecule has 0 heterocycles. The van der Waals surface area contributed by atoms with E-state index < -0.39 is 8.07 Å². The second-order valence-corrected chi connectivity index (χ2v) is 8.99. The Morgan fingerprint density at radius 2 is 1.94 bits per heavy atom. The Kier molecular flexibility index (Phi) is 3.01. The minimum Gasteiger partial charge on any atom is -0.497 e. The monoisotopic (exact) mass is 230 g/mol. The van der Waals surface area contributed by atoms with Crippen molar-refractivity contribution >= 4 is 13.3 Å². The summed E-state index contributed by atoms with van der Waals surface area (Å²) in [4.78, 5) is 0. The van der Waals surface area contributed by atoms with E-state index in [0.717, 1.165) is 12.2 Å². The average Bonchev–Trinajstić information content (AvgIpc) is 2.83. The van der Waals surface area contributed by atoms with E-state index in [0.29, 0.717) is 0 Å². The van der Waals surface area contributed by atoms with E-state index in [-0.39, 0.29) is 0 Å². The standard InChI is InChI=1S/C14H18OSi/c1-15-13-10-6-7-11-14(13)16(2,3)12-8-4-5-9-12/h4,6-11H,5H2,1-3H3. The first kappa shape index (κ1) is 11.2. The number of para-hydroxylation sites is 1. The number of allylic oxidation sites excluding steroid dienone is 4. The number of rotatable bonds is 3. The maximum absolute atomic E-state index is 5.47. The van der Waals surface area contributed by atoms with Crippen LogP contribution in [-0.4, -0.2) is 15.2 Å². The summed E-state index contributed by atoms with van der Waals surface area (Å²) in [6.45, 7) is 4.76. The van der Waals surface area contributed by atoms with E-state index in [4.69, 9.17) is 4.74 Å². The molecule has 0 atom stereocenters. The summed E-state index contributed by atoms with van der Waals surface area (Å²) >= 11 is 0. The third-order valence-corrected chi connectivity index (χ3v) is 6.85. The van der Waals surface area contributed by atoms with Gasteiger partial charge in [0.1, 0.15) is 13.8 Å². The SMILES string of the molecule is COc1ccccc1[Si](C)(C)C1=CCC=C1. The normalized spacial score (nSPS) is 15.1. The average molecular weight is 230 g/mol. The van der Waals surface area contributed by atoms with Crippen LogP contribution >= 0.6 is 0 Å². The lowest BCUT2D eigenvalue weighted by Crippen LogP contribution is -2.43. The molecule has 0 bridgehead atoms. The smallest absolute Gasteiger partial charge is 0.118 e. The van der Waals surface area contributed by atoms with Crippen LogP contribution in [0.25, 0.3) is 0 Å². The zero-order valence-electron chi connectivity index (χ0n) is 10.2. The summed E-state index contributed by atoms with van der Waals surface area (Å²) < 4.78 is 5.47. The van der Waals surface area contributed by atoms with E-state index in [1.807, 2.05) is 6.07 Å². The first-order valence-electron chi connectivity index (χ1n) is 5.67. The molecule has 0 radical (unpaired) electrons. The molecule has 0 N–H and O–H groups in total. The number of hydrogen-bond donors (Lipinski definition) is 0. The van der Waals surface area contributed by atoms with Crippen molar-refractivity contribution in [3.8, 4) is 5.75 Å². The third-order valence-electron chi connectivity index (χ3n) is 3.27. The quantitative estimate of drug-likeness (QED) is 0.725. The van der Waals surface area contributed by atoms with Gasteiger partial charge in [-0.1, -0.05) is 54.7 Å². The molecule has 1 aromatic carbocycles. The molecule has 1 aliphatic rings. The molecule has 1 nitrogen and oxygen atoms in total. The number of methoxy groups -OCH3 is 1. The van der Waals surface area contributed by atoms with E-state index >= 15 is 0 Å². The van der Waals surface area contributed by atoms with Crippen molar-refractivity contribution in [1.82, 2.24) is 0 Å². The molecule has 0 saturated carbocycles. The van der Waals surface area contributed by atoms with Crippen molar-refractivity contribution in [1.29, 1.82) is 0 Å². The van der Waals surface area contributed by atoms with E-state index in [2.05, 4.69) is 49.5 Å². The van der Waals surface area contributed by atoms with Gasteiger partial charge in [-0.25, -0.2) is 0 Å². The summed E-state index contributed by atoms with van der Waals surface area (Å²) in [6.07, 6.45) is 7.94. The molecule has 2 rings (SSSR count). The predicted molar refractivity (Wildman–Crippen MR) is 72.0 cm³/mol. The van der Waals surface area contributed by atoms with Gasteiger partial charge in [-0.15, -0.1) is 0 Å². The van der Waals surface area contributed by atoms with Crippen LogP contribution in [0, 0.1) is 0 Å². The molecule has 16 heavy (non-hydrogen) atoms. The highest BCUT2D eigenvalue weighted by Crippen LogP contribution is 2.24. The van der Waals surface area contributed by atoms with E-state index in [9.17, 15) is 0 Å². The van der Waals surface area contributed by atoms with Crippen molar-refractivity contribution in [2.45, 2.75) is 19.5 Å². The fourth-order valence-electron chi connectivity index (χ4n) is 2.24. The molecular formula is C14H18OSi. The summed E-state index contributed by atoms with van der Waals surface area (Å²) in [7, 11) is 0.190. The maximum Gasteiger partial charge on any atom is 0.118 e. The molecule has 0 aromatic heterocycles. The van der Waals surface area contributed by atoms with Crippen LogP contribution in [0.4, 0.5) is 0 Å². The molecule has 2 heteroatoms. The number of benzene rings is 1. The van der Waals surface area contributed by atoms with Gasteiger partial charge in [0.2, 0.25) is 0 Å². The van der Waals surface area contributed by atoms with E-state index in [1.165, 1.54) is 10.4 Å². The molecule has 0 spiro atoms. The Labute approximate surface area is 98.5 Å². The second-order valence-electron chi connectivity index (χ2n) is 4.62. The van der Waals surface area contributed by atoms with Crippen molar-refractivity contribution < 1.29 is 4.74 Å². The summed E-state index contributed by atoms with van der Waals surface area (Å²) in [5.41, 5.74) is 0. The Bertz CT molecular complexity index is 444. The topological polar surface area (TPSA) is 9.23 Å². The minimum atomic E-state index is -1.56. The molecule has 0 aliphatic heterocycles. The predicted octanol–water partition coefficient (Wildman–Crippen LogP) is 3.04. The molecule has 0 fully saturated rings. The van der Waals surface area contributed by atoms with Gasteiger partial charge < -0.3 is 4.74 Å². The molecule has 1 aromatic rings. The van der Waals surface area contributed by atoms with Gasteiger partial charge in [-0.05, 0) is 17.7 Å². The highest BCUT2D eigenvalue weighted by molar-refractivity contribution is 6.96. The van der Waals surface area contributed by atoms with Crippen LogP contribution in [0.15, 0.2) is 47.7 Å². The fraction of sp³-hybridized carbons (Fsp3) is 0.286. The Balaban J connectivity index is 2.46. The Morgan fingerprint density at radius 3 is 2.56 bits per heavy atom. The van der Waals surface area contributed by atoms with Gasteiger partial charge in [0.05, 0.1) is 7.11 Å². The molecule has 84 valence electrons. The second kappa shape index (κ2) is 4.30. The molecule has 1 aliphatic carbocycles. The van der Waals surface area contributed by atoms with Crippen molar-refractivity contribution in [2.24, 2.45) is 0 Å². The largest absolute Gasteiger partial charge is 0.497 e. The summed E-state index contributed by atoms with van der Waals surface area (Å²) in [5, 5.41) is 2.90. The highest BCUT2D eigenvalue weighted by Gasteiger charge is 2.30. The van der Waals surface area contributed by atoms with Crippen molar-refractivity contribution in [3.63, 3.8) is 0 Å². The van der Waals surface area contributed by atoms with Crippen LogP contribution in [0.2, 0.25) is 13.1 Å². The Morgan fingerprint density at radius 1 is 1.19 bits per heavy atom. The lowest BCUT2D eigenvalue weighted by atomic mass is 10.3. The number of ether oxygens (including phenoxy) is 1. The molecule has 0 amide bonds. The van der Waals surface area contributed by atoms with E-state index in [1.54, 1.807) is 7.11 Å². The van der Waals surface area contributed by atoms with Crippen LogP contribution in [-0.2, 0) is 0 Å². The zero-order chi connectivity index (χ0) is 11.6. The van der Waals surface area contributed by atoms with Crippen LogP contribution in [0.1, 0.15) is 6.42 Å². The zero-order valence-corrected chi connectivity index (χ0v) is 11.2. The van der Waals surface area contributed by atoms with Gasteiger partial charge in [0.25, 0.3) is 0 Å². The molecule has 0 saturated heterocycles. The van der Waals surface area contributed by atoms with Crippen molar-refractivity contribution in [2.75, 3.05) is 7.11 Å². The molecular weight excluding hydrogens is 212 g/mol. The minimum absolute atomic E-state index is 1.03. The highest BCUT2D eigenvalue weighted by atomic mass is 28.3. The van der Waals surface area contributed by atoms with Gasteiger partial charge in [-0.3, -0.25) is 0 Å². The van der Waals surface area contributed by atoms with Crippen LogP contribution in [0.5, 0.6) is 5.75 Å². The first-order valence-corrected chi connectivity index (χ1v) is 8.67. The number of hydrogen-bond acceptors (Lipinski definition) is 1. The summed E-state index contributed by atoms with van der Waals surface area (Å²) in [6, 6.07) is 8.40. The van der Waals surface area contributed by atoms with Gasteiger partial charge in [0.15, 0.2) is 0 Å².